The lowest BCUT2D eigenvalue weighted by atomic mass is 10.1. The van der Waals surface area contributed by atoms with Crippen LogP contribution in [0.5, 0.6) is 0 Å². The summed E-state index contributed by atoms with van der Waals surface area (Å²) in [7, 11) is 0. The Balaban J connectivity index is 2.28. The summed E-state index contributed by atoms with van der Waals surface area (Å²) in [6.45, 7) is 1.88. The van der Waals surface area contributed by atoms with Gasteiger partial charge in [-0.25, -0.2) is 4.39 Å². The van der Waals surface area contributed by atoms with Gasteiger partial charge in [0.2, 0.25) is 0 Å². The van der Waals surface area contributed by atoms with E-state index in [0.29, 0.717) is 19.8 Å². The summed E-state index contributed by atoms with van der Waals surface area (Å²) in [5.74, 6) is -0.644. The van der Waals surface area contributed by atoms with E-state index in [-0.39, 0.29) is 11.7 Å². The molecule has 2 nitrogen and oxygen atoms in total. The molecule has 0 unspecified atom stereocenters. The first kappa shape index (κ1) is 14.3. The number of hydrogen-bond acceptors (Lipinski definition) is 1. The van der Waals surface area contributed by atoms with Crippen LogP contribution >= 0.6 is 34.2 Å². The minimum atomic E-state index is -0.361. The van der Waals surface area contributed by atoms with Crippen molar-refractivity contribution in [3.8, 4) is 0 Å². The first-order valence-corrected chi connectivity index (χ1v) is 6.95. The Morgan fingerprint density at radius 1 is 1.26 bits per heavy atom. The van der Waals surface area contributed by atoms with Gasteiger partial charge >= 0.3 is 0 Å². The number of aryl methyl sites for hydroxylation is 1. The van der Waals surface area contributed by atoms with Crippen LogP contribution < -0.4 is 5.32 Å². The molecule has 0 fully saturated rings. The molecule has 0 aromatic heterocycles. The van der Waals surface area contributed by atoms with E-state index in [1.54, 1.807) is 12.1 Å². The molecule has 5 heteroatoms. The van der Waals surface area contributed by atoms with Gasteiger partial charge < -0.3 is 5.32 Å². The van der Waals surface area contributed by atoms with E-state index in [2.05, 4.69) is 5.32 Å². The van der Waals surface area contributed by atoms with Crippen molar-refractivity contribution in [1.29, 1.82) is 0 Å². The predicted octanol–water partition coefficient (Wildman–Crippen LogP) is 4.64. The van der Waals surface area contributed by atoms with E-state index in [9.17, 15) is 9.18 Å². The quantitative estimate of drug-likeness (QED) is 0.745. The molecule has 0 saturated heterocycles. The molecule has 0 heterocycles. The number of halogens is 3. The van der Waals surface area contributed by atoms with Crippen molar-refractivity contribution in [3.05, 3.63) is 61.9 Å². The molecule has 0 aliphatic carbocycles. The normalized spacial score (nSPS) is 10.3. The number of anilines is 1. The summed E-state index contributed by atoms with van der Waals surface area (Å²) in [6, 6.07) is 9.32. The Kier molecular flexibility index (Phi) is 4.42. The molecule has 0 saturated carbocycles. The number of hydrogen-bond donors (Lipinski definition) is 1. The summed E-state index contributed by atoms with van der Waals surface area (Å²) < 4.78 is 13.6. The lowest BCUT2D eigenvalue weighted by Gasteiger charge is -2.10. The van der Waals surface area contributed by atoms with Crippen LogP contribution in [0.25, 0.3) is 0 Å². The predicted molar refractivity (Wildman–Crippen MR) is 83.3 cm³/mol. The number of carbonyl (C=O) groups excluding carboxylic acids is 1. The van der Waals surface area contributed by atoms with Gasteiger partial charge in [0, 0.05) is 14.3 Å². The highest BCUT2D eigenvalue weighted by molar-refractivity contribution is 14.1. The molecule has 0 bridgehead atoms. The van der Waals surface area contributed by atoms with Crippen molar-refractivity contribution in [2.45, 2.75) is 6.92 Å². The Bertz CT molecular complexity index is 645. The zero-order valence-electron chi connectivity index (χ0n) is 10.0. The van der Waals surface area contributed by atoms with Crippen LogP contribution in [0.1, 0.15) is 15.9 Å². The van der Waals surface area contributed by atoms with Gasteiger partial charge in [0.25, 0.3) is 5.91 Å². The van der Waals surface area contributed by atoms with Crippen LogP contribution in [0, 0.1) is 16.3 Å². The lowest BCUT2D eigenvalue weighted by Crippen LogP contribution is -2.14. The molecule has 0 spiro atoms. The largest absolute Gasteiger partial charge is 0.322 e. The van der Waals surface area contributed by atoms with Crippen molar-refractivity contribution in [3.63, 3.8) is 0 Å². The molecule has 0 aliphatic rings. The van der Waals surface area contributed by atoms with E-state index < -0.39 is 0 Å². The minimum Gasteiger partial charge on any atom is -0.322 e. The molecule has 2 aromatic carbocycles. The first-order chi connectivity index (χ1) is 8.97. The maximum Gasteiger partial charge on any atom is 0.256 e. The smallest absolute Gasteiger partial charge is 0.256 e. The first-order valence-electron chi connectivity index (χ1n) is 5.50. The average molecular weight is 390 g/mol. The lowest BCUT2D eigenvalue weighted by molar-refractivity contribution is 0.102. The summed E-state index contributed by atoms with van der Waals surface area (Å²) in [4.78, 5) is 12.1. The fraction of sp³-hybridized carbons (Fsp3) is 0.0714. The maximum absolute atomic E-state index is 13.0. The summed E-state index contributed by atoms with van der Waals surface area (Å²) >= 11 is 7.83. The molecular formula is C14H10ClFINO. The molecule has 1 N–H and O–H groups in total. The molecule has 1 amide bonds. The van der Waals surface area contributed by atoms with Crippen LogP contribution in [0.15, 0.2) is 36.4 Å². The third kappa shape index (κ3) is 3.45. The SMILES string of the molecule is Cc1ccc(Cl)cc1NC(=O)c1ccc(F)cc1I. The van der Waals surface area contributed by atoms with Crippen molar-refractivity contribution in [1.82, 2.24) is 0 Å². The van der Waals surface area contributed by atoms with Gasteiger partial charge in [-0.05, 0) is 65.4 Å². The van der Waals surface area contributed by atoms with Gasteiger partial charge in [0.15, 0.2) is 0 Å². The van der Waals surface area contributed by atoms with Gasteiger partial charge in [-0.1, -0.05) is 17.7 Å². The van der Waals surface area contributed by atoms with Gasteiger partial charge in [-0.15, -0.1) is 0 Å². The number of rotatable bonds is 2. The average Bonchev–Trinajstić information content (AvgIpc) is 2.33. The number of benzene rings is 2. The molecule has 2 aromatic rings. The Labute approximate surface area is 129 Å². The van der Waals surface area contributed by atoms with Crippen LogP contribution in [0.2, 0.25) is 5.02 Å². The molecule has 98 valence electrons. The molecule has 19 heavy (non-hydrogen) atoms. The van der Waals surface area contributed by atoms with Gasteiger partial charge in [-0.3, -0.25) is 4.79 Å². The molecule has 0 radical (unpaired) electrons. The fourth-order valence-corrected chi connectivity index (χ4v) is 2.49. The van der Waals surface area contributed by atoms with Crippen molar-refractivity contribution >= 4 is 45.8 Å². The van der Waals surface area contributed by atoms with Crippen LogP contribution in [-0.2, 0) is 0 Å². The highest BCUT2D eigenvalue weighted by atomic mass is 127. The third-order valence-corrected chi connectivity index (χ3v) is 3.75. The van der Waals surface area contributed by atoms with Gasteiger partial charge in [-0.2, -0.15) is 0 Å². The maximum atomic E-state index is 13.0. The van der Waals surface area contributed by atoms with E-state index >= 15 is 0 Å². The van der Waals surface area contributed by atoms with Crippen LogP contribution in [-0.4, -0.2) is 5.91 Å². The Morgan fingerprint density at radius 3 is 2.68 bits per heavy atom. The van der Waals surface area contributed by atoms with E-state index in [1.165, 1.54) is 18.2 Å². The molecular weight excluding hydrogens is 380 g/mol. The van der Waals surface area contributed by atoms with Gasteiger partial charge in [0.1, 0.15) is 5.82 Å². The van der Waals surface area contributed by atoms with Crippen molar-refractivity contribution in [2.75, 3.05) is 5.32 Å². The molecule has 0 atom stereocenters. The Hall–Kier alpha value is -1.14. The molecule has 0 aliphatic heterocycles. The second kappa shape index (κ2) is 5.88. The minimum absolute atomic E-state index is 0.283. The van der Waals surface area contributed by atoms with Crippen LogP contribution in [0.3, 0.4) is 0 Å². The number of carbonyl (C=O) groups is 1. The van der Waals surface area contributed by atoms with E-state index in [1.807, 2.05) is 35.6 Å². The summed E-state index contributed by atoms with van der Waals surface area (Å²) in [6.07, 6.45) is 0. The monoisotopic (exact) mass is 389 g/mol. The standard InChI is InChI=1S/C14H10ClFINO/c1-8-2-3-9(15)6-13(8)18-14(19)11-5-4-10(16)7-12(11)17/h2-7H,1H3,(H,18,19). The van der Waals surface area contributed by atoms with Crippen molar-refractivity contribution < 1.29 is 9.18 Å². The second-order valence-corrected chi connectivity index (χ2v) is 5.64. The number of nitrogens with one attached hydrogen (secondary N) is 1. The highest BCUT2D eigenvalue weighted by Gasteiger charge is 2.12. The highest BCUT2D eigenvalue weighted by Crippen LogP contribution is 2.22. The van der Waals surface area contributed by atoms with Crippen LogP contribution in [0.4, 0.5) is 10.1 Å². The van der Waals surface area contributed by atoms with E-state index in [0.717, 1.165) is 5.56 Å². The van der Waals surface area contributed by atoms with Crippen molar-refractivity contribution in [2.24, 2.45) is 0 Å². The zero-order chi connectivity index (χ0) is 14.0. The Morgan fingerprint density at radius 2 is 2.00 bits per heavy atom. The second-order valence-electron chi connectivity index (χ2n) is 4.04. The zero-order valence-corrected chi connectivity index (χ0v) is 12.9. The van der Waals surface area contributed by atoms with E-state index in [4.69, 9.17) is 11.6 Å². The third-order valence-electron chi connectivity index (χ3n) is 2.62. The van der Waals surface area contributed by atoms with Gasteiger partial charge in [0.05, 0.1) is 5.56 Å². The summed E-state index contributed by atoms with van der Waals surface area (Å²) in [5, 5.41) is 3.33. The number of amides is 1. The summed E-state index contributed by atoms with van der Waals surface area (Å²) in [5.41, 5.74) is 1.99. The fourth-order valence-electron chi connectivity index (χ4n) is 1.59. The topological polar surface area (TPSA) is 29.1 Å². The molecule has 2 rings (SSSR count).